The summed E-state index contributed by atoms with van der Waals surface area (Å²) in [5.74, 6) is 1.15. The first kappa shape index (κ1) is 14.3. The molecule has 0 aliphatic rings. The molecule has 1 amide bonds. The maximum absolute atomic E-state index is 11.4. The lowest BCUT2D eigenvalue weighted by atomic mass is 10.2. The lowest BCUT2D eigenvalue weighted by Gasteiger charge is -2.09. The summed E-state index contributed by atoms with van der Waals surface area (Å²) >= 11 is 0. The highest BCUT2D eigenvalue weighted by molar-refractivity contribution is 5.77. The number of hydrogen-bond acceptors (Lipinski definition) is 4. The number of carbonyl (C=O) groups excluding carboxylic acids is 1. The van der Waals surface area contributed by atoms with Gasteiger partial charge in [0.05, 0.1) is 7.11 Å². The number of benzene rings is 1. The highest BCUT2D eigenvalue weighted by Crippen LogP contribution is 2.18. The van der Waals surface area contributed by atoms with Crippen molar-refractivity contribution in [3.8, 4) is 11.5 Å². The van der Waals surface area contributed by atoms with E-state index in [1.54, 1.807) is 19.2 Å². The standard InChI is InChI=1S/C13H20N2O3/c1-10(14)6-7-15-13(16)9-18-12-5-3-4-11(8-12)17-2/h3-5,8,10H,6-7,9,14H2,1-2H3,(H,15,16). The first-order valence-electron chi connectivity index (χ1n) is 5.91. The number of hydrogen-bond donors (Lipinski definition) is 2. The summed E-state index contributed by atoms with van der Waals surface area (Å²) in [6, 6.07) is 7.22. The second kappa shape index (κ2) is 7.55. The van der Waals surface area contributed by atoms with Gasteiger partial charge in [-0.25, -0.2) is 0 Å². The van der Waals surface area contributed by atoms with Crippen molar-refractivity contribution in [2.45, 2.75) is 19.4 Å². The van der Waals surface area contributed by atoms with Crippen LogP contribution in [0.1, 0.15) is 13.3 Å². The average molecular weight is 252 g/mol. The molecule has 0 aliphatic carbocycles. The van der Waals surface area contributed by atoms with Crippen LogP contribution in [-0.2, 0) is 4.79 Å². The van der Waals surface area contributed by atoms with Crippen LogP contribution in [0.4, 0.5) is 0 Å². The van der Waals surface area contributed by atoms with Crippen LogP contribution in [0, 0.1) is 0 Å². The van der Waals surface area contributed by atoms with E-state index in [9.17, 15) is 4.79 Å². The summed E-state index contributed by atoms with van der Waals surface area (Å²) < 4.78 is 10.4. The molecular formula is C13H20N2O3. The normalized spacial score (nSPS) is 11.7. The van der Waals surface area contributed by atoms with Crippen molar-refractivity contribution in [2.24, 2.45) is 5.73 Å². The fraction of sp³-hybridized carbons (Fsp3) is 0.462. The molecule has 0 fully saturated rings. The Kier molecular flexibility index (Phi) is 6.00. The molecule has 0 radical (unpaired) electrons. The van der Waals surface area contributed by atoms with Crippen LogP contribution in [0.15, 0.2) is 24.3 Å². The van der Waals surface area contributed by atoms with Crippen LogP contribution in [0.3, 0.4) is 0 Å². The van der Waals surface area contributed by atoms with E-state index < -0.39 is 0 Å². The van der Waals surface area contributed by atoms with Gasteiger partial charge in [0, 0.05) is 18.7 Å². The summed E-state index contributed by atoms with van der Waals surface area (Å²) in [4.78, 5) is 11.4. The highest BCUT2D eigenvalue weighted by Gasteiger charge is 2.03. The third-order valence-corrected chi connectivity index (χ3v) is 2.33. The van der Waals surface area contributed by atoms with E-state index in [1.165, 1.54) is 0 Å². The molecule has 100 valence electrons. The van der Waals surface area contributed by atoms with Gasteiger partial charge in [0.15, 0.2) is 6.61 Å². The van der Waals surface area contributed by atoms with Crippen molar-refractivity contribution in [2.75, 3.05) is 20.3 Å². The van der Waals surface area contributed by atoms with Crippen molar-refractivity contribution >= 4 is 5.91 Å². The summed E-state index contributed by atoms with van der Waals surface area (Å²) in [5, 5.41) is 2.74. The predicted octanol–water partition coefficient (Wildman–Crippen LogP) is 0.927. The Labute approximate surface area is 107 Å². The zero-order chi connectivity index (χ0) is 13.4. The molecule has 1 aromatic rings. The first-order chi connectivity index (χ1) is 8.61. The largest absolute Gasteiger partial charge is 0.497 e. The number of carbonyl (C=O) groups is 1. The maximum Gasteiger partial charge on any atom is 0.257 e. The zero-order valence-corrected chi connectivity index (χ0v) is 10.8. The molecule has 0 bridgehead atoms. The number of methoxy groups -OCH3 is 1. The van der Waals surface area contributed by atoms with Crippen molar-refractivity contribution in [1.29, 1.82) is 0 Å². The third kappa shape index (κ3) is 5.54. The van der Waals surface area contributed by atoms with Crippen LogP contribution >= 0.6 is 0 Å². The molecule has 0 aromatic heterocycles. The van der Waals surface area contributed by atoms with E-state index in [2.05, 4.69) is 5.32 Å². The Bertz CT molecular complexity index is 380. The van der Waals surface area contributed by atoms with Gasteiger partial charge in [-0.1, -0.05) is 6.07 Å². The lowest BCUT2D eigenvalue weighted by Crippen LogP contribution is -2.32. The van der Waals surface area contributed by atoms with Crippen LogP contribution in [0.2, 0.25) is 0 Å². The van der Waals surface area contributed by atoms with Crippen LogP contribution in [0.25, 0.3) is 0 Å². The van der Waals surface area contributed by atoms with Gasteiger partial charge in [0.2, 0.25) is 0 Å². The van der Waals surface area contributed by atoms with Gasteiger partial charge >= 0.3 is 0 Å². The van der Waals surface area contributed by atoms with Gasteiger partial charge in [-0.3, -0.25) is 4.79 Å². The van der Waals surface area contributed by atoms with E-state index in [4.69, 9.17) is 15.2 Å². The molecule has 0 saturated heterocycles. The van der Waals surface area contributed by atoms with E-state index in [-0.39, 0.29) is 18.6 Å². The molecule has 0 aliphatic heterocycles. The molecule has 0 heterocycles. The number of rotatable bonds is 7. The Morgan fingerprint density at radius 3 is 2.83 bits per heavy atom. The number of amides is 1. The highest BCUT2D eigenvalue weighted by atomic mass is 16.5. The van der Waals surface area contributed by atoms with Crippen LogP contribution < -0.4 is 20.5 Å². The quantitative estimate of drug-likeness (QED) is 0.757. The summed E-state index contributed by atoms with van der Waals surface area (Å²) in [6.45, 7) is 2.46. The molecule has 1 unspecified atom stereocenters. The Morgan fingerprint density at radius 1 is 1.44 bits per heavy atom. The minimum atomic E-state index is -0.154. The first-order valence-corrected chi connectivity index (χ1v) is 5.91. The third-order valence-electron chi connectivity index (χ3n) is 2.33. The molecule has 5 nitrogen and oxygen atoms in total. The van der Waals surface area contributed by atoms with Gasteiger partial charge in [0.1, 0.15) is 11.5 Å². The number of nitrogens with two attached hydrogens (primary N) is 1. The van der Waals surface area contributed by atoms with Crippen LogP contribution in [0.5, 0.6) is 11.5 Å². The summed E-state index contributed by atoms with van der Waals surface area (Å²) in [6.07, 6.45) is 0.755. The molecule has 1 aromatic carbocycles. The van der Waals surface area contributed by atoms with Gasteiger partial charge in [-0.15, -0.1) is 0 Å². The van der Waals surface area contributed by atoms with Crippen LogP contribution in [-0.4, -0.2) is 32.2 Å². The molecule has 0 saturated carbocycles. The van der Waals surface area contributed by atoms with E-state index in [0.29, 0.717) is 18.0 Å². The molecule has 1 rings (SSSR count). The van der Waals surface area contributed by atoms with E-state index in [0.717, 1.165) is 6.42 Å². The van der Waals surface area contributed by atoms with Gasteiger partial charge < -0.3 is 20.5 Å². The molecule has 0 spiro atoms. The minimum absolute atomic E-state index is 0.00782. The Balaban J connectivity index is 2.29. The van der Waals surface area contributed by atoms with Gasteiger partial charge in [-0.05, 0) is 25.5 Å². The molecule has 3 N–H and O–H groups in total. The van der Waals surface area contributed by atoms with E-state index >= 15 is 0 Å². The summed E-state index contributed by atoms with van der Waals surface area (Å²) in [7, 11) is 1.58. The fourth-order valence-electron chi connectivity index (χ4n) is 1.33. The zero-order valence-electron chi connectivity index (χ0n) is 10.8. The van der Waals surface area contributed by atoms with Gasteiger partial charge in [0.25, 0.3) is 5.91 Å². The molecule has 5 heteroatoms. The Morgan fingerprint density at radius 2 is 2.17 bits per heavy atom. The monoisotopic (exact) mass is 252 g/mol. The maximum atomic E-state index is 11.4. The van der Waals surface area contributed by atoms with Crippen molar-refractivity contribution < 1.29 is 14.3 Å². The van der Waals surface area contributed by atoms with Crippen molar-refractivity contribution in [3.63, 3.8) is 0 Å². The smallest absolute Gasteiger partial charge is 0.257 e. The predicted molar refractivity (Wildman–Crippen MR) is 69.8 cm³/mol. The fourth-order valence-corrected chi connectivity index (χ4v) is 1.33. The van der Waals surface area contributed by atoms with Crippen molar-refractivity contribution in [3.05, 3.63) is 24.3 Å². The second-order valence-corrected chi connectivity index (χ2v) is 4.08. The number of nitrogens with one attached hydrogen (secondary N) is 1. The van der Waals surface area contributed by atoms with Gasteiger partial charge in [-0.2, -0.15) is 0 Å². The Hall–Kier alpha value is -1.75. The summed E-state index contributed by atoms with van der Waals surface area (Å²) in [5.41, 5.74) is 5.58. The minimum Gasteiger partial charge on any atom is -0.497 e. The molecular weight excluding hydrogens is 232 g/mol. The lowest BCUT2D eigenvalue weighted by molar-refractivity contribution is -0.123. The van der Waals surface area contributed by atoms with E-state index in [1.807, 2.05) is 19.1 Å². The topological polar surface area (TPSA) is 73.6 Å². The second-order valence-electron chi connectivity index (χ2n) is 4.08. The molecule has 18 heavy (non-hydrogen) atoms. The number of ether oxygens (including phenoxy) is 2. The SMILES string of the molecule is COc1cccc(OCC(=O)NCCC(C)N)c1. The molecule has 1 atom stereocenters. The van der Waals surface area contributed by atoms with Crippen molar-refractivity contribution in [1.82, 2.24) is 5.32 Å². The average Bonchev–Trinajstić information content (AvgIpc) is 2.36.